The number of nitrogens with one attached hydrogen (secondary N) is 1. The molecule has 0 saturated carbocycles. The molecule has 1 N–H and O–H groups in total. The topological polar surface area (TPSA) is 63.2 Å². The molecular formula is C18H16F3NO3S2. The van der Waals surface area contributed by atoms with Gasteiger partial charge in [-0.25, -0.2) is 8.42 Å². The minimum Gasteiger partial charge on any atom is -0.333 e. The summed E-state index contributed by atoms with van der Waals surface area (Å²) in [5.74, 6) is -0.985. The molecule has 0 saturated heterocycles. The lowest BCUT2D eigenvalue weighted by atomic mass is 9.90. The summed E-state index contributed by atoms with van der Waals surface area (Å²) >= 11 is 1.07. The molecule has 4 rings (SSSR count). The van der Waals surface area contributed by atoms with Crippen LogP contribution in [0.15, 0.2) is 30.3 Å². The number of aryl methyl sites for hydroxylation is 2. The van der Waals surface area contributed by atoms with E-state index >= 15 is 0 Å². The third-order valence-electron chi connectivity index (χ3n) is 5.19. The van der Waals surface area contributed by atoms with Crippen LogP contribution in [0.1, 0.15) is 37.7 Å². The molecular weight excluding hydrogens is 399 g/mol. The van der Waals surface area contributed by atoms with Crippen molar-refractivity contribution in [1.82, 2.24) is 5.32 Å². The molecule has 1 amide bonds. The van der Waals surface area contributed by atoms with Crippen LogP contribution in [-0.2, 0) is 34.0 Å². The lowest BCUT2D eigenvalue weighted by Crippen LogP contribution is -2.54. The summed E-state index contributed by atoms with van der Waals surface area (Å²) in [4.78, 5) is 13.6. The quantitative estimate of drug-likeness (QED) is 0.818. The summed E-state index contributed by atoms with van der Waals surface area (Å²) in [5.41, 5.74) is -1.25. The fourth-order valence-electron chi connectivity index (χ4n) is 3.83. The molecule has 2 heterocycles. The standard InChI is InChI=1S/C18H16F3NO3S2/c19-18(20,21)17(7-5-11-3-1-2-4-13(11)17)22-16(23)15-9-12-10-27(24,25)8-6-14(12)26-15/h1-4,9H,5-8,10H2,(H,22,23). The first-order valence-electron chi connectivity index (χ1n) is 8.41. The zero-order valence-electron chi connectivity index (χ0n) is 14.1. The lowest BCUT2D eigenvalue weighted by Gasteiger charge is -2.33. The Morgan fingerprint density at radius 3 is 2.63 bits per heavy atom. The van der Waals surface area contributed by atoms with Crippen molar-refractivity contribution >= 4 is 27.1 Å². The summed E-state index contributed by atoms with van der Waals surface area (Å²) in [6.45, 7) is 0. The van der Waals surface area contributed by atoms with E-state index in [0.29, 0.717) is 17.5 Å². The van der Waals surface area contributed by atoms with E-state index in [2.05, 4.69) is 5.32 Å². The first kappa shape index (κ1) is 18.5. The van der Waals surface area contributed by atoms with Gasteiger partial charge in [0, 0.05) is 4.88 Å². The Morgan fingerprint density at radius 1 is 1.15 bits per heavy atom. The molecule has 1 aromatic carbocycles. The van der Waals surface area contributed by atoms with Crippen molar-refractivity contribution in [3.63, 3.8) is 0 Å². The number of carbonyl (C=O) groups is 1. The molecule has 0 bridgehead atoms. The van der Waals surface area contributed by atoms with Gasteiger partial charge >= 0.3 is 6.18 Å². The van der Waals surface area contributed by atoms with Crippen LogP contribution >= 0.6 is 11.3 Å². The van der Waals surface area contributed by atoms with Gasteiger partial charge in [-0.05, 0) is 42.0 Å². The Labute approximate surface area is 158 Å². The Kier molecular flexibility index (Phi) is 4.15. The van der Waals surface area contributed by atoms with Crippen molar-refractivity contribution in [2.45, 2.75) is 36.7 Å². The van der Waals surface area contributed by atoms with Crippen LogP contribution in [0.5, 0.6) is 0 Å². The van der Waals surface area contributed by atoms with Crippen LogP contribution in [0.3, 0.4) is 0 Å². The highest BCUT2D eigenvalue weighted by Crippen LogP contribution is 2.48. The van der Waals surface area contributed by atoms with Crippen molar-refractivity contribution < 1.29 is 26.4 Å². The van der Waals surface area contributed by atoms with Crippen molar-refractivity contribution in [2.24, 2.45) is 0 Å². The Hall–Kier alpha value is -1.87. The highest BCUT2D eigenvalue weighted by atomic mass is 32.2. The van der Waals surface area contributed by atoms with Gasteiger partial charge in [-0.3, -0.25) is 4.79 Å². The summed E-state index contributed by atoms with van der Waals surface area (Å²) in [6, 6.07) is 7.68. The maximum Gasteiger partial charge on any atom is 0.415 e. The second kappa shape index (κ2) is 6.07. The van der Waals surface area contributed by atoms with Gasteiger partial charge in [0.15, 0.2) is 15.4 Å². The number of hydrogen-bond acceptors (Lipinski definition) is 4. The molecule has 1 atom stereocenters. The first-order chi connectivity index (χ1) is 12.6. The minimum absolute atomic E-state index is 0.00142. The van der Waals surface area contributed by atoms with Crippen LogP contribution in [0.4, 0.5) is 13.2 Å². The molecule has 1 unspecified atom stereocenters. The van der Waals surface area contributed by atoms with Gasteiger partial charge in [-0.15, -0.1) is 11.3 Å². The van der Waals surface area contributed by atoms with E-state index in [0.717, 1.165) is 16.2 Å². The lowest BCUT2D eigenvalue weighted by molar-refractivity contribution is -0.197. The second-order valence-electron chi connectivity index (χ2n) is 6.92. The number of benzene rings is 1. The molecule has 9 heteroatoms. The number of halogens is 3. The SMILES string of the molecule is O=C(NC1(C(F)(F)F)CCc2ccccc21)c1cc2c(s1)CCS(=O)(=O)C2. The predicted molar refractivity (Wildman–Crippen MR) is 95.5 cm³/mol. The number of rotatable bonds is 2. The summed E-state index contributed by atoms with van der Waals surface area (Å²) in [5, 5.41) is 2.23. The molecule has 2 aliphatic rings. The fourth-order valence-corrected chi connectivity index (χ4v) is 6.52. The predicted octanol–water partition coefficient (Wildman–Crippen LogP) is 3.35. The molecule has 0 fully saturated rings. The molecule has 1 aromatic heterocycles. The Morgan fingerprint density at radius 2 is 1.89 bits per heavy atom. The highest BCUT2D eigenvalue weighted by Gasteiger charge is 2.59. The van der Waals surface area contributed by atoms with Crippen LogP contribution in [0.2, 0.25) is 0 Å². The van der Waals surface area contributed by atoms with Gasteiger partial charge in [0.2, 0.25) is 0 Å². The average Bonchev–Trinajstić information content (AvgIpc) is 3.16. The third kappa shape index (κ3) is 3.06. The van der Waals surface area contributed by atoms with Crippen molar-refractivity contribution in [3.05, 3.63) is 56.8 Å². The van der Waals surface area contributed by atoms with E-state index in [4.69, 9.17) is 0 Å². The van der Waals surface area contributed by atoms with Gasteiger partial charge in [0.1, 0.15) is 0 Å². The van der Waals surface area contributed by atoms with Gasteiger partial charge < -0.3 is 5.32 Å². The fraction of sp³-hybridized carbons (Fsp3) is 0.389. The van der Waals surface area contributed by atoms with Crippen LogP contribution < -0.4 is 5.32 Å². The van der Waals surface area contributed by atoms with Gasteiger partial charge in [-0.2, -0.15) is 13.2 Å². The molecule has 1 aliphatic carbocycles. The smallest absolute Gasteiger partial charge is 0.333 e. The zero-order valence-corrected chi connectivity index (χ0v) is 15.7. The number of sulfone groups is 1. The Bertz CT molecular complexity index is 1030. The molecule has 0 spiro atoms. The van der Waals surface area contributed by atoms with Crippen LogP contribution in [0.25, 0.3) is 0 Å². The average molecular weight is 415 g/mol. The van der Waals surface area contributed by atoms with Gasteiger partial charge in [0.25, 0.3) is 5.91 Å². The number of hydrogen-bond donors (Lipinski definition) is 1. The molecule has 2 aromatic rings. The maximum absolute atomic E-state index is 14.0. The summed E-state index contributed by atoms with van der Waals surface area (Å²) in [6.07, 6.45) is -4.37. The Balaban J connectivity index is 1.68. The van der Waals surface area contributed by atoms with Crippen LogP contribution in [0, 0.1) is 0 Å². The maximum atomic E-state index is 14.0. The van der Waals surface area contributed by atoms with E-state index in [-0.39, 0.29) is 34.8 Å². The monoisotopic (exact) mass is 415 g/mol. The number of alkyl halides is 3. The first-order valence-corrected chi connectivity index (χ1v) is 11.0. The normalized spacial score (nSPS) is 23.5. The molecule has 144 valence electrons. The third-order valence-corrected chi connectivity index (χ3v) is 8.01. The van der Waals surface area contributed by atoms with E-state index < -0.39 is 27.5 Å². The van der Waals surface area contributed by atoms with Gasteiger partial charge in [-0.1, -0.05) is 24.3 Å². The summed E-state index contributed by atoms with van der Waals surface area (Å²) in [7, 11) is -3.21. The van der Waals surface area contributed by atoms with Gasteiger partial charge in [0.05, 0.1) is 16.4 Å². The van der Waals surface area contributed by atoms with E-state index in [1.807, 2.05) is 0 Å². The van der Waals surface area contributed by atoms with E-state index in [1.165, 1.54) is 18.2 Å². The largest absolute Gasteiger partial charge is 0.415 e. The number of carbonyl (C=O) groups excluding carboxylic acids is 1. The number of fused-ring (bicyclic) bond motifs is 2. The second-order valence-corrected chi connectivity index (χ2v) is 10.2. The van der Waals surface area contributed by atoms with E-state index in [9.17, 15) is 26.4 Å². The van der Waals surface area contributed by atoms with Crippen LogP contribution in [-0.4, -0.2) is 26.3 Å². The molecule has 0 radical (unpaired) electrons. The summed E-state index contributed by atoms with van der Waals surface area (Å²) < 4.78 is 65.5. The number of thiophene rings is 1. The number of amides is 1. The zero-order chi connectivity index (χ0) is 19.4. The molecule has 4 nitrogen and oxygen atoms in total. The minimum atomic E-state index is -4.64. The van der Waals surface area contributed by atoms with Crippen molar-refractivity contribution in [1.29, 1.82) is 0 Å². The van der Waals surface area contributed by atoms with Crippen molar-refractivity contribution in [3.8, 4) is 0 Å². The highest BCUT2D eigenvalue weighted by molar-refractivity contribution is 7.90. The molecule has 27 heavy (non-hydrogen) atoms. The van der Waals surface area contributed by atoms with E-state index in [1.54, 1.807) is 12.1 Å². The van der Waals surface area contributed by atoms with Crippen molar-refractivity contribution in [2.75, 3.05) is 5.75 Å². The molecule has 1 aliphatic heterocycles.